The van der Waals surface area contributed by atoms with E-state index in [1.807, 2.05) is 0 Å². The average molecular weight is 1120 g/mol. The molecule has 2 fully saturated rings. The summed E-state index contributed by atoms with van der Waals surface area (Å²) < 4.78 is 22.9. The molecule has 0 saturated carbocycles. The highest BCUT2D eigenvalue weighted by molar-refractivity contribution is 5.76. The quantitative estimate of drug-likeness (QED) is 0.0259. The van der Waals surface area contributed by atoms with Crippen LogP contribution in [-0.2, 0) is 23.7 Å². The third-order valence-electron chi connectivity index (χ3n) is 16.8. The van der Waals surface area contributed by atoms with Gasteiger partial charge in [0.15, 0.2) is 12.6 Å². The normalized spacial score (nSPS) is 24.4. The summed E-state index contributed by atoms with van der Waals surface area (Å²) in [4.78, 5) is 13.3. The SMILES string of the molecule is CCCCCCCCCCCCCCCCCCCCCCCCC(=O)NC(COC1OC(CO)C(OC2OC(CO)C(O)C(O)C2O)C(O)C1O)C(O)CCCCCCCCCCCCCCCCCCCCCCCC. The molecule has 464 valence electrons. The highest BCUT2D eigenvalue weighted by atomic mass is 16.7. The van der Waals surface area contributed by atoms with Gasteiger partial charge in [-0.15, -0.1) is 0 Å². The molecule has 78 heavy (non-hydrogen) atoms. The molecule has 2 aliphatic rings. The van der Waals surface area contributed by atoms with E-state index in [-0.39, 0.29) is 12.5 Å². The molecule has 0 bridgehead atoms. The van der Waals surface area contributed by atoms with Crippen LogP contribution in [0.3, 0.4) is 0 Å². The summed E-state index contributed by atoms with van der Waals surface area (Å²) in [5.41, 5.74) is 0. The summed E-state index contributed by atoms with van der Waals surface area (Å²) in [7, 11) is 0. The molecule has 14 heteroatoms. The van der Waals surface area contributed by atoms with Gasteiger partial charge in [-0.25, -0.2) is 0 Å². The minimum absolute atomic E-state index is 0.198. The fourth-order valence-electron chi connectivity index (χ4n) is 11.5. The van der Waals surface area contributed by atoms with Crippen molar-refractivity contribution in [2.75, 3.05) is 19.8 Å². The zero-order valence-corrected chi connectivity index (χ0v) is 50.2. The molecule has 2 rings (SSSR count). The summed E-state index contributed by atoms with van der Waals surface area (Å²) >= 11 is 0. The molecule has 0 spiro atoms. The van der Waals surface area contributed by atoms with Crippen molar-refractivity contribution in [2.24, 2.45) is 0 Å². The third-order valence-corrected chi connectivity index (χ3v) is 16.8. The third kappa shape index (κ3) is 35.2. The Morgan fingerprint density at radius 1 is 0.410 bits per heavy atom. The molecular weight excluding hydrogens is 991 g/mol. The fraction of sp³-hybridized carbons (Fsp3) is 0.984. The van der Waals surface area contributed by atoms with Crippen LogP contribution in [-0.4, -0.2) is 140 Å². The number of rotatable bonds is 55. The van der Waals surface area contributed by atoms with Gasteiger partial charge in [-0.05, 0) is 12.8 Å². The predicted molar refractivity (Wildman–Crippen MR) is 314 cm³/mol. The van der Waals surface area contributed by atoms with Crippen LogP contribution in [0.25, 0.3) is 0 Å². The van der Waals surface area contributed by atoms with Crippen molar-refractivity contribution in [3.8, 4) is 0 Å². The highest BCUT2D eigenvalue weighted by Gasteiger charge is 2.51. The molecule has 0 radical (unpaired) electrons. The summed E-state index contributed by atoms with van der Waals surface area (Å²) in [6, 6.07) is -0.823. The first-order valence-corrected chi connectivity index (χ1v) is 33.3. The van der Waals surface area contributed by atoms with E-state index in [1.165, 1.54) is 231 Å². The van der Waals surface area contributed by atoms with E-state index >= 15 is 0 Å². The summed E-state index contributed by atoms with van der Waals surface area (Å²) in [5.74, 6) is -0.198. The van der Waals surface area contributed by atoms with E-state index < -0.39 is 86.8 Å². The summed E-state index contributed by atoms with van der Waals surface area (Å²) in [5, 5.41) is 87.5. The number of carbonyl (C=O) groups excluding carboxylic acids is 1. The number of nitrogens with one attached hydrogen (secondary N) is 1. The monoisotopic (exact) mass is 1120 g/mol. The van der Waals surface area contributed by atoms with Crippen molar-refractivity contribution in [1.29, 1.82) is 0 Å². The van der Waals surface area contributed by atoms with E-state index in [0.717, 1.165) is 51.4 Å². The summed E-state index contributed by atoms with van der Waals surface area (Å²) in [6.07, 6.45) is 41.0. The smallest absolute Gasteiger partial charge is 0.220 e. The molecule has 0 aromatic rings. The Labute approximate surface area is 476 Å². The van der Waals surface area contributed by atoms with E-state index in [0.29, 0.717) is 12.8 Å². The Morgan fingerprint density at radius 3 is 1.09 bits per heavy atom. The van der Waals surface area contributed by atoms with Crippen molar-refractivity contribution in [1.82, 2.24) is 5.32 Å². The van der Waals surface area contributed by atoms with E-state index in [4.69, 9.17) is 18.9 Å². The molecule has 0 aromatic heterocycles. The number of carbonyl (C=O) groups is 1. The molecular formula is C64H125NO13. The Morgan fingerprint density at radius 2 is 0.731 bits per heavy atom. The Kier molecular flexibility index (Phi) is 47.3. The van der Waals surface area contributed by atoms with Crippen LogP contribution < -0.4 is 5.32 Å². The summed E-state index contributed by atoms with van der Waals surface area (Å²) in [6.45, 7) is 2.92. The Hall–Kier alpha value is -1.01. The maximum Gasteiger partial charge on any atom is 0.220 e. The van der Waals surface area contributed by atoms with Crippen LogP contribution in [0.2, 0.25) is 0 Å². The Balaban J connectivity index is 1.70. The van der Waals surface area contributed by atoms with Crippen molar-refractivity contribution in [3.05, 3.63) is 0 Å². The van der Waals surface area contributed by atoms with Crippen LogP contribution in [0.15, 0.2) is 0 Å². The van der Waals surface area contributed by atoms with Gasteiger partial charge in [0.1, 0.15) is 48.8 Å². The lowest BCUT2D eigenvalue weighted by molar-refractivity contribution is -0.359. The van der Waals surface area contributed by atoms with Crippen LogP contribution in [0.5, 0.6) is 0 Å². The largest absolute Gasteiger partial charge is 0.394 e. The molecule has 1 amide bonds. The van der Waals surface area contributed by atoms with Crippen LogP contribution in [0, 0.1) is 0 Å². The number of unbranched alkanes of at least 4 members (excludes halogenated alkanes) is 42. The second-order valence-electron chi connectivity index (χ2n) is 24.0. The lowest BCUT2D eigenvalue weighted by atomic mass is 9.97. The molecule has 12 unspecified atom stereocenters. The predicted octanol–water partition coefficient (Wildman–Crippen LogP) is 12.5. The van der Waals surface area contributed by atoms with Crippen molar-refractivity contribution in [3.63, 3.8) is 0 Å². The van der Waals surface area contributed by atoms with Gasteiger partial charge < -0.3 is 65.1 Å². The maximum absolute atomic E-state index is 13.3. The van der Waals surface area contributed by atoms with Gasteiger partial charge in [0.05, 0.1) is 32.0 Å². The molecule has 2 heterocycles. The van der Waals surface area contributed by atoms with Gasteiger partial charge in [-0.2, -0.15) is 0 Å². The molecule has 2 aliphatic heterocycles. The van der Waals surface area contributed by atoms with E-state index in [2.05, 4.69) is 19.2 Å². The molecule has 0 aliphatic carbocycles. The van der Waals surface area contributed by atoms with Gasteiger partial charge in [-0.3, -0.25) is 4.79 Å². The van der Waals surface area contributed by atoms with E-state index in [9.17, 15) is 45.6 Å². The number of hydrogen-bond donors (Lipinski definition) is 9. The minimum Gasteiger partial charge on any atom is -0.394 e. The number of ether oxygens (including phenoxy) is 4. The molecule has 9 N–H and O–H groups in total. The van der Waals surface area contributed by atoms with Crippen LogP contribution >= 0.6 is 0 Å². The highest BCUT2D eigenvalue weighted by Crippen LogP contribution is 2.30. The standard InChI is InChI=1S/C64H125NO13/c1-3-5-7-9-11-13-15-17-19-21-23-25-27-29-31-33-35-37-39-41-43-45-47-53(68)52(51-75-63-61(74)59(72)62(55(50-67)77-63)78-64-60(73)58(71)57(70)54(49-66)76-64)65-56(69)48-46-44-42-40-38-36-34-32-30-28-26-24-22-20-18-16-14-12-10-8-6-4-2/h52-55,57-64,66-68,70-74H,3-51H2,1-2H3,(H,65,69). The number of amides is 1. The van der Waals surface area contributed by atoms with Crippen LogP contribution in [0.1, 0.15) is 309 Å². The lowest BCUT2D eigenvalue weighted by Gasteiger charge is -2.46. The van der Waals surface area contributed by atoms with Crippen molar-refractivity contribution in [2.45, 2.75) is 383 Å². The second-order valence-corrected chi connectivity index (χ2v) is 24.0. The average Bonchev–Trinajstić information content (AvgIpc) is 3.48. The number of aliphatic hydroxyl groups excluding tert-OH is 8. The van der Waals surface area contributed by atoms with Crippen molar-refractivity contribution >= 4 is 5.91 Å². The van der Waals surface area contributed by atoms with E-state index in [1.54, 1.807) is 0 Å². The topological polar surface area (TPSA) is 228 Å². The van der Waals surface area contributed by atoms with Gasteiger partial charge in [0.25, 0.3) is 0 Å². The lowest BCUT2D eigenvalue weighted by Crippen LogP contribution is -2.65. The number of aliphatic hydroxyl groups is 8. The second kappa shape index (κ2) is 50.5. The van der Waals surface area contributed by atoms with Gasteiger partial charge in [0.2, 0.25) is 5.91 Å². The zero-order chi connectivity index (χ0) is 56.7. The molecule has 2 saturated heterocycles. The van der Waals surface area contributed by atoms with Gasteiger partial charge >= 0.3 is 0 Å². The molecule has 0 aromatic carbocycles. The first kappa shape index (κ1) is 73.1. The maximum atomic E-state index is 13.3. The van der Waals surface area contributed by atoms with Crippen LogP contribution in [0.4, 0.5) is 0 Å². The Bertz CT molecular complexity index is 1310. The molecule has 14 nitrogen and oxygen atoms in total. The van der Waals surface area contributed by atoms with Gasteiger partial charge in [-0.1, -0.05) is 290 Å². The number of hydrogen-bond acceptors (Lipinski definition) is 13. The van der Waals surface area contributed by atoms with Gasteiger partial charge in [0, 0.05) is 6.42 Å². The van der Waals surface area contributed by atoms with Crippen molar-refractivity contribution < 1.29 is 64.6 Å². The fourth-order valence-corrected chi connectivity index (χ4v) is 11.5. The first-order chi connectivity index (χ1) is 38.1. The minimum atomic E-state index is -1.78. The zero-order valence-electron chi connectivity index (χ0n) is 50.2. The molecule has 12 atom stereocenters. The first-order valence-electron chi connectivity index (χ1n) is 33.3.